The molecule has 1 aromatic rings. The topological polar surface area (TPSA) is 33.2 Å². The van der Waals surface area contributed by atoms with Gasteiger partial charge in [0.25, 0.3) is 5.91 Å². The highest BCUT2D eigenvalue weighted by atomic mass is 16.2. The molecule has 2 fully saturated rings. The van der Waals surface area contributed by atoms with Crippen molar-refractivity contribution in [2.45, 2.75) is 38.5 Å². The molecule has 0 aromatic carbocycles. The van der Waals surface area contributed by atoms with Crippen molar-refractivity contribution in [3.05, 3.63) is 30.1 Å². The molecule has 3 heteroatoms. The second-order valence-electron chi connectivity index (χ2n) is 6.03. The third kappa shape index (κ3) is 2.96. The second-order valence-corrected chi connectivity index (χ2v) is 6.03. The number of carbonyl (C=O) groups is 1. The summed E-state index contributed by atoms with van der Waals surface area (Å²) in [6, 6.07) is 3.69. The molecule has 1 amide bonds. The lowest BCUT2D eigenvalue weighted by Crippen LogP contribution is -2.28. The fourth-order valence-corrected chi connectivity index (χ4v) is 3.60. The first-order chi connectivity index (χ1) is 9.33. The van der Waals surface area contributed by atoms with Crippen LogP contribution in [0.15, 0.2) is 24.5 Å². The standard InChI is InChI=1S/C16H22N2O/c19-16(15-6-3-8-17-11-15)18-9-7-14(12-18)10-13-4-1-2-5-13/h3,6,8,11,13-14H,1-2,4-5,7,9-10,12H2/t14-/m1/s1. The Morgan fingerprint density at radius 1 is 1.26 bits per heavy atom. The summed E-state index contributed by atoms with van der Waals surface area (Å²) in [6.07, 6.45) is 11.5. The van der Waals surface area contributed by atoms with E-state index in [4.69, 9.17) is 0 Å². The van der Waals surface area contributed by atoms with Crippen LogP contribution >= 0.6 is 0 Å². The maximum absolute atomic E-state index is 12.3. The van der Waals surface area contributed by atoms with Gasteiger partial charge < -0.3 is 4.90 Å². The molecule has 1 saturated heterocycles. The molecule has 3 rings (SSSR count). The minimum atomic E-state index is 0.155. The van der Waals surface area contributed by atoms with Gasteiger partial charge in [0.1, 0.15) is 0 Å². The lowest BCUT2D eigenvalue weighted by molar-refractivity contribution is 0.0785. The minimum Gasteiger partial charge on any atom is -0.338 e. The van der Waals surface area contributed by atoms with Crippen LogP contribution in [0.25, 0.3) is 0 Å². The summed E-state index contributed by atoms with van der Waals surface area (Å²) in [5.74, 6) is 1.81. The number of nitrogens with zero attached hydrogens (tertiary/aromatic N) is 2. The van der Waals surface area contributed by atoms with Gasteiger partial charge in [-0.3, -0.25) is 9.78 Å². The number of amides is 1. The number of rotatable bonds is 3. The number of likely N-dealkylation sites (tertiary alicyclic amines) is 1. The number of hydrogen-bond donors (Lipinski definition) is 0. The van der Waals surface area contributed by atoms with Crippen LogP contribution in [0, 0.1) is 11.8 Å². The van der Waals surface area contributed by atoms with E-state index >= 15 is 0 Å². The van der Waals surface area contributed by atoms with Crippen molar-refractivity contribution < 1.29 is 4.79 Å². The van der Waals surface area contributed by atoms with Crippen LogP contribution in [0.3, 0.4) is 0 Å². The molecule has 19 heavy (non-hydrogen) atoms. The van der Waals surface area contributed by atoms with Crippen LogP contribution in [-0.4, -0.2) is 28.9 Å². The first-order valence-corrected chi connectivity index (χ1v) is 7.52. The summed E-state index contributed by atoms with van der Waals surface area (Å²) < 4.78 is 0. The molecule has 1 saturated carbocycles. The second kappa shape index (κ2) is 5.72. The van der Waals surface area contributed by atoms with E-state index in [1.807, 2.05) is 17.0 Å². The minimum absolute atomic E-state index is 0.155. The smallest absolute Gasteiger partial charge is 0.255 e. The third-order valence-corrected chi connectivity index (χ3v) is 4.62. The van der Waals surface area contributed by atoms with E-state index in [9.17, 15) is 4.79 Å². The Morgan fingerprint density at radius 2 is 2.11 bits per heavy atom. The van der Waals surface area contributed by atoms with Crippen LogP contribution in [0.4, 0.5) is 0 Å². The number of aromatic nitrogens is 1. The van der Waals surface area contributed by atoms with Crippen LogP contribution in [0.5, 0.6) is 0 Å². The zero-order chi connectivity index (χ0) is 13.1. The molecule has 1 aliphatic carbocycles. The van der Waals surface area contributed by atoms with Gasteiger partial charge in [-0.1, -0.05) is 25.7 Å². The highest BCUT2D eigenvalue weighted by molar-refractivity contribution is 5.94. The zero-order valence-electron chi connectivity index (χ0n) is 11.4. The molecule has 3 nitrogen and oxygen atoms in total. The average molecular weight is 258 g/mol. The lowest BCUT2D eigenvalue weighted by Gasteiger charge is -2.18. The lowest BCUT2D eigenvalue weighted by atomic mass is 9.93. The summed E-state index contributed by atoms with van der Waals surface area (Å²) in [7, 11) is 0. The maximum Gasteiger partial charge on any atom is 0.255 e. The van der Waals surface area contributed by atoms with Crippen molar-refractivity contribution in [2.24, 2.45) is 11.8 Å². The number of pyridine rings is 1. The van der Waals surface area contributed by atoms with Crippen molar-refractivity contribution in [3.8, 4) is 0 Å². The van der Waals surface area contributed by atoms with Gasteiger partial charge in [-0.2, -0.15) is 0 Å². The summed E-state index contributed by atoms with van der Waals surface area (Å²) in [4.78, 5) is 18.4. The van der Waals surface area contributed by atoms with Crippen LogP contribution in [0.2, 0.25) is 0 Å². The molecule has 2 aliphatic rings. The third-order valence-electron chi connectivity index (χ3n) is 4.62. The Hall–Kier alpha value is -1.38. The average Bonchev–Trinajstić information content (AvgIpc) is 3.11. The first-order valence-electron chi connectivity index (χ1n) is 7.52. The Kier molecular flexibility index (Phi) is 3.81. The van der Waals surface area contributed by atoms with E-state index < -0.39 is 0 Å². The maximum atomic E-state index is 12.3. The van der Waals surface area contributed by atoms with Gasteiger partial charge in [0.05, 0.1) is 5.56 Å². The SMILES string of the molecule is O=C(c1cccnc1)N1CC[C@H](CC2CCCC2)C1. The Bertz CT molecular complexity index is 426. The molecule has 0 N–H and O–H groups in total. The zero-order valence-corrected chi connectivity index (χ0v) is 11.4. The molecule has 102 valence electrons. The van der Waals surface area contributed by atoms with Crippen molar-refractivity contribution >= 4 is 5.91 Å². The summed E-state index contributed by atoms with van der Waals surface area (Å²) >= 11 is 0. The summed E-state index contributed by atoms with van der Waals surface area (Å²) in [5.41, 5.74) is 0.726. The number of carbonyl (C=O) groups excluding carboxylic acids is 1. The fourth-order valence-electron chi connectivity index (χ4n) is 3.60. The monoisotopic (exact) mass is 258 g/mol. The van der Waals surface area contributed by atoms with E-state index in [-0.39, 0.29) is 5.91 Å². The van der Waals surface area contributed by atoms with E-state index in [0.29, 0.717) is 0 Å². The molecule has 1 atom stereocenters. The van der Waals surface area contributed by atoms with E-state index in [1.54, 1.807) is 12.4 Å². The largest absolute Gasteiger partial charge is 0.338 e. The van der Waals surface area contributed by atoms with Gasteiger partial charge in [-0.25, -0.2) is 0 Å². The molecule has 1 aliphatic heterocycles. The van der Waals surface area contributed by atoms with E-state index in [2.05, 4.69) is 4.98 Å². The van der Waals surface area contributed by atoms with Crippen molar-refractivity contribution in [3.63, 3.8) is 0 Å². The molecule has 1 aromatic heterocycles. The molecule has 0 unspecified atom stereocenters. The Morgan fingerprint density at radius 3 is 2.84 bits per heavy atom. The fraction of sp³-hybridized carbons (Fsp3) is 0.625. The predicted octanol–water partition coefficient (Wildman–Crippen LogP) is 3.12. The first kappa shape index (κ1) is 12.6. The Balaban J connectivity index is 1.55. The quantitative estimate of drug-likeness (QED) is 0.834. The highest BCUT2D eigenvalue weighted by Crippen LogP contribution is 2.33. The molecular formula is C16H22N2O. The normalized spacial score (nSPS) is 24.0. The van der Waals surface area contributed by atoms with Gasteiger partial charge >= 0.3 is 0 Å². The predicted molar refractivity (Wildman–Crippen MR) is 74.8 cm³/mol. The molecule has 2 heterocycles. The highest BCUT2D eigenvalue weighted by Gasteiger charge is 2.29. The van der Waals surface area contributed by atoms with Crippen molar-refractivity contribution in [1.29, 1.82) is 0 Å². The van der Waals surface area contributed by atoms with E-state index in [0.717, 1.165) is 30.5 Å². The van der Waals surface area contributed by atoms with Gasteiger partial charge in [0.15, 0.2) is 0 Å². The summed E-state index contributed by atoms with van der Waals surface area (Å²) in [5, 5.41) is 0. The van der Waals surface area contributed by atoms with Gasteiger partial charge in [0.2, 0.25) is 0 Å². The molecule has 0 spiro atoms. The van der Waals surface area contributed by atoms with Crippen molar-refractivity contribution in [1.82, 2.24) is 9.88 Å². The van der Waals surface area contributed by atoms with Crippen molar-refractivity contribution in [2.75, 3.05) is 13.1 Å². The van der Waals surface area contributed by atoms with E-state index in [1.165, 1.54) is 38.5 Å². The van der Waals surface area contributed by atoms with Gasteiger partial charge in [-0.15, -0.1) is 0 Å². The summed E-state index contributed by atoms with van der Waals surface area (Å²) in [6.45, 7) is 1.87. The van der Waals surface area contributed by atoms with Crippen LogP contribution < -0.4 is 0 Å². The molecular weight excluding hydrogens is 236 g/mol. The molecule has 0 bridgehead atoms. The van der Waals surface area contributed by atoms with Crippen LogP contribution in [0.1, 0.15) is 48.9 Å². The Labute approximate surface area is 115 Å². The van der Waals surface area contributed by atoms with Gasteiger partial charge in [0, 0.05) is 25.5 Å². The number of hydrogen-bond acceptors (Lipinski definition) is 2. The van der Waals surface area contributed by atoms with Gasteiger partial charge in [-0.05, 0) is 36.8 Å². The van der Waals surface area contributed by atoms with Crippen LogP contribution in [-0.2, 0) is 0 Å². The molecule has 0 radical (unpaired) electrons.